The van der Waals surface area contributed by atoms with Crippen molar-refractivity contribution in [2.24, 2.45) is 0 Å². The number of fused-ring (bicyclic) bond motifs is 1. The van der Waals surface area contributed by atoms with Gasteiger partial charge < -0.3 is 20.9 Å². The van der Waals surface area contributed by atoms with E-state index in [1.54, 1.807) is 30.1 Å². The Bertz CT molecular complexity index is 1010. The maximum atomic E-state index is 12.6. The molecule has 4 N–H and O–H groups in total. The number of para-hydroxylation sites is 2. The SMILES string of the molecule is CN(CCCCCC(=O)Nc1ccccc1N)C(=O)c1cc2cc(Cl)ccc2[nH]1. The van der Waals surface area contributed by atoms with Crippen LogP contribution in [0.2, 0.25) is 5.02 Å². The Labute approximate surface area is 175 Å². The number of amides is 2. The van der Waals surface area contributed by atoms with Gasteiger partial charge in [0.05, 0.1) is 11.4 Å². The normalized spacial score (nSPS) is 10.8. The summed E-state index contributed by atoms with van der Waals surface area (Å²) in [6.07, 6.45) is 2.87. The van der Waals surface area contributed by atoms with Gasteiger partial charge in [0.2, 0.25) is 5.91 Å². The molecule has 7 heteroatoms. The Morgan fingerprint density at radius 3 is 2.69 bits per heavy atom. The fourth-order valence-corrected chi connectivity index (χ4v) is 3.34. The van der Waals surface area contributed by atoms with Crippen molar-refractivity contribution in [1.82, 2.24) is 9.88 Å². The van der Waals surface area contributed by atoms with Crippen molar-refractivity contribution >= 4 is 45.7 Å². The van der Waals surface area contributed by atoms with Crippen LogP contribution in [-0.4, -0.2) is 35.3 Å². The van der Waals surface area contributed by atoms with Crippen molar-refractivity contribution in [1.29, 1.82) is 0 Å². The Morgan fingerprint density at radius 1 is 1.10 bits per heavy atom. The third kappa shape index (κ3) is 5.51. The molecule has 3 aromatic rings. The Balaban J connectivity index is 1.40. The Kier molecular flexibility index (Phi) is 6.77. The molecule has 1 heterocycles. The van der Waals surface area contributed by atoms with Gasteiger partial charge in [0.25, 0.3) is 5.91 Å². The molecule has 0 radical (unpaired) electrons. The zero-order chi connectivity index (χ0) is 20.8. The summed E-state index contributed by atoms with van der Waals surface area (Å²) in [5.74, 6) is -0.112. The van der Waals surface area contributed by atoms with Gasteiger partial charge in [-0.15, -0.1) is 0 Å². The molecule has 1 aromatic heterocycles. The first-order chi connectivity index (χ1) is 13.9. The number of anilines is 2. The van der Waals surface area contributed by atoms with Crippen LogP contribution in [0, 0.1) is 0 Å². The summed E-state index contributed by atoms with van der Waals surface area (Å²) in [4.78, 5) is 29.4. The monoisotopic (exact) mass is 412 g/mol. The molecule has 0 aliphatic heterocycles. The Hall–Kier alpha value is -2.99. The summed E-state index contributed by atoms with van der Waals surface area (Å²) < 4.78 is 0. The summed E-state index contributed by atoms with van der Waals surface area (Å²) >= 11 is 6.00. The lowest BCUT2D eigenvalue weighted by atomic mass is 10.1. The van der Waals surface area contributed by atoms with Crippen LogP contribution < -0.4 is 11.1 Å². The number of carbonyl (C=O) groups excluding carboxylic acids is 2. The second kappa shape index (κ2) is 9.47. The summed E-state index contributed by atoms with van der Waals surface area (Å²) in [5.41, 5.74) is 8.45. The fourth-order valence-electron chi connectivity index (χ4n) is 3.16. The third-order valence-corrected chi connectivity index (χ3v) is 5.03. The highest BCUT2D eigenvalue weighted by molar-refractivity contribution is 6.31. The van der Waals surface area contributed by atoms with Gasteiger partial charge in [-0.05, 0) is 49.2 Å². The number of nitrogens with one attached hydrogen (secondary N) is 2. The van der Waals surface area contributed by atoms with E-state index in [9.17, 15) is 9.59 Å². The average Bonchev–Trinajstić information content (AvgIpc) is 3.11. The van der Waals surface area contributed by atoms with Crippen molar-refractivity contribution in [3.05, 3.63) is 59.2 Å². The third-order valence-electron chi connectivity index (χ3n) is 4.79. The predicted molar refractivity (Wildman–Crippen MR) is 118 cm³/mol. The summed E-state index contributed by atoms with van der Waals surface area (Å²) in [6.45, 7) is 0.627. The van der Waals surface area contributed by atoms with Gasteiger partial charge in [0.15, 0.2) is 0 Å². The number of rotatable bonds is 8. The molecule has 0 spiro atoms. The smallest absolute Gasteiger partial charge is 0.270 e. The Morgan fingerprint density at radius 2 is 1.90 bits per heavy atom. The van der Waals surface area contributed by atoms with Crippen LogP contribution in [0.4, 0.5) is 11.4 Å². The van der Waals surface area contributed by atoms with Crippen LogP contribution in [0.5, 0.6) is 0 Å². The molecule has 0 atom stereocenters. The number of benzene rings is 2. The number of aromatic amines is 1. The first-order valence-electron chi connectivity index (χ1n) is 9.62. The molecule has 29 heavy (non-hydrogen) atoms. The zero-order valence-electron chi connectivity index (χ0n) is 16.4. The van der Waals surface area contributed by atoms with E-state index in [1.165, 1.54) is 0 Å². The van der Waals surface area contributed by atoms with E-state index in [4.69, 9.17) is 17.3 Å². The quantitative estimate of drug-likeness (QED) is 0.370. The maximum Gasteiger partial charge on any atom is 0.270 e. The second-order valence-corrected chi connectivity index (χ2v) is 7.52. The van der Waals surface area contributed by atoms with E-state index in [2.05, 4.69) is 10.3 Å². The van der Waals surface area contributed by atoms with Crippen molar-refractivity contribution in [2.75, 3.05) is 24.6 Å². The van der Waals surface area contributed by atoms with Crippen LogP contribution in [-0.2, 0) is 4.79 Å². The number of carbonyl (C=O) groups is 2. The topological polar surface area (TPSA) is 91.2 Å². The van der Waals surface area contributed by atoms with Crippen LogP contribution in [0.1, 0.15) is 36.2 Å². The van der Waals surface area contributed by atoms with Crippen LogP contribution in [0.15, 0.2) is 48.5 Å². The molecule has 6 nitrogen and oxygen atoms in total. The highest BCUT2D eigenvalue weighted by Crippen LogP contribution is 2.21. The predicted octanol–water partition coefficient (Wildman–Crippen LogP) is 4.67. The molecule has 2 aromatic carbocycles. The minimum Gasteiger partial charge on any atom is -0.397 e. The van der Waals surface area contributed by atoms with E-state index >= 15 is 0 Å². The highest BCUT2D eigenvalue weighted by Gasteiger charge is 2.14. The van der Waals surface area contributed by atoms with Crippen molar-refractivity contribution < 1.29 is 9.59 Å². The molecule has 152 valence electrons. The molecule has 3 rings (SSSR count). The molecule has 0 aliphatic rings. The van der Waals surface area contributed by atoms with E-state index in [0.717, 1.165) is 30.2 Å². The van der Waals surface area contributed by atoms with Crippen molar-refractivity contribution in [3.8, 4) is 0 Å². The first-order valence-corrected chi connectivity index (χ1v) is 10.00. The van der Waals surface area contributed by atoms with Gasteiger partial charge in [-0.2, -0.15) is 0 Å². The lowest BCUT2D eigenvalue weighted by Gasteiger charge is -2.16. The van der Waals surface area contributed by atoms with E-state index in [0.29, 0.717) is 35.1 Å². The number of hydrogen-bond donors (Lipinski definition) is 3. The number of H-pyrrole nitrogens is 1. The van der Waals surface area contributed by atoms with Crippen LogP contribution in [0.25, 0.3) is 10.9 Å². The lowest BCUT2D eigenvalue weighted by Crippen LogP contribution is -2.28. The number of halogens is 1. The molecule has 2 amide bonds. The highest BCUT2D eigenvalue weighted by atomic mass is 35.5. The number of hydrogen-bond acceptors (Lipinski definition) is 3. The molecule has 0 saturated carbocycles. The minimum absolute atomic E-state index is 0.0518. The standard InChI is InChI=1S/C22H25ClN4O2/c1-27(22(29)20-14-15-13-16(23)10-11-18(15)25-20)12-6-2-3-9-21(28)26-19-8-5-4-7-17(19)24/h4-5,7-8,10-11,13-14,25H,2-3,6,9,12,24H2,1H3,(H,26,28). The molecule has 0 saturated heterocycles. The van der Waals surface area contributed by atoms with Gasteiger partial charge in [-0.1, -0.05) is 30.2 Å². The number of aromatic nitrogens is 1. The average molecular weight is 413 g/mol. The van der Waals surface area contributed by atoms with E-state index < -0.39 is 0 Å². The fraction of sp³-hybridized carbons (Fsp3) is 0.273. The van der Waals surface area contributed by atoms with E-state index in [1.807, 2.05) is 30.3 Å². The lowest BCUT2D eigenvalue weighted by molar-refractivity contribution is -0.116. The van der Waals surface area contributed by atoms with Gasteiger partial charge >= 0.3 is 0 Å². The number of nitrogens with two attached hydrogens (primary N) is 1. The minimum atomic E-state index is -0.0605. The molecular weight excluding hydrogens is 388 g/mol. The summed E-state index contributed by atoms with van der Waals surface area (Å²) in [7, 11) is 1.78. The van der Waals surface area contributed by atoms with Crippen molar-refractivity contribution in [2.45, 2.75) is 25.7 Å². The molecule has 0 fully saturated rings. The van der Waals surface area contributed by atoms with Crippen LogP contribution in [0.3, 0.4) is 0 Å². The van der Waals surface area contributed by atoms with Crippen molar-refractivity contribution in [3.63, 3.8) is 0 Å². The van der Waals surface area contributed by atoms with Crippen LogP contribution >= 0.6 is 11.6 Å². The van der Waals surface area contributed by atoms with Gasteiger partial charge in [-0.3, -0.25) is 9.59 Å². The van der Waals surface area contributed by atoms with Gasteiger partial charge in [0.1, 0.15) is 5.69 Å². The second-order valence-electron chi connectivity index (χ2n) is 7.09. The maximum absolute atomic E-state index is 12.6. The number of nitrogen functional groups attached to an aromatic ring is 1. The zero-order valence-corrected chi connectivity index (χ0v) is 17.1. The first kappa shape index (κ1) is 20.7. The largest absolute Gasteiger partial charge is 0.397 e. The number of unbranched alkanes of at least 4 members (excludes halogenated alkanes) is 2. The van der Waals surface area contributed by atoms with E-state index in [-0.39, 0.29) is 11.8 Å². The summed E-state index contributed by atoms with van der Waals surface area (Å²) in [6, 6.07) is 14.5. The molecule has 0 aliphatic carbocycles. The summed E-state index contributed by atoms with van der Waals surface area (Å²) in [5, 5.41) is 4.38. The molecular formula is C22H25ClN4O2. The van der Waals surface area contributed by atoms with Gasteiger partial charge in [-0.25, -0.2) is 0 Å². The number of nitrogens with zero attached hydrogens (tertiary/aromatic N) is 1. The molecule has 0 unspecified atom stereocenters. The molecule has 0 bridgehead atoms. The van der Waals surface area contributed by atoms with Gasteiger partial charge in [0, 0.05) is 35.9 Å².